The van der Waals surface area contributed by atoms with E-state index in [-0.39, 0.29) is 0 Å². The standard InChI is InChI=1S/C18H27BrN2/c1-2-18(15-3-5-16(19)6-4-15)21(17-7-8-17)13-14-9-11-20-12-10-14/h3-6,14,17-18,20H,2,7-13H2,1H3. The van der Waals surface area contributed by atoms with Gasteiger partial charge in [0.15, 0.2) is 0 Å². The molecule has 1 aliphatic carbocycles. The summed E-state index contributed by atoms with van der Waals surface area (Å²) in [5.74, 6) is 0.886. The van der Waals surface area contributed by atoms with Gasteiger partial charge in [0.25, 0.3) is 0 Å². The number of hydrogen-bond acceptors (Lipinski definition) is 2. The van der Waals surface area contributed by atoms with Gasteiger partial charge in [-0.15, -0.1) is 0 Å². The molecule has 0 radical (unpaired) electrons. The van der Waals surface area contributed by atoms with Crippen LogP contribution in [0, 0.1) is 5.92 Å². The largest absolute Gasteiger partial charge is 0.317 e. The summed E-state index contributed by atoms with van der Waals surface area (Å²) in [5.41, 5.74) is 1.49. The third-order valence-corrected chi connectivity index (χ3v) is 5.51. The quantitative estimate of drug-likeness (QED) is 0.819. The Labute approximate surface area is 137 Å². The maximum atomic E-state index is 3.55. The second-order valence-corrected chi connectivity index (χ2v) is 7.51. The summed E-state index contributed by atoms with van der Waals surface area (Å²) in [6.07, 6.45) is 6.71. The van der Waals surface area contributed by atoms with Crippen LogP contribution in [0.2, 0.25) is 0 Å². The lowest BCUT2D eigenvalue weighted by Gasteiger charge is -2.36. The van der Waals surface area contributed by atoms with E-state index in [1.165, 1.54) is 61.8 Å². The van der Waals surface area contributed by atoms with Crippen LogP contribution in [0.15, 0.2) is 28.7 Å². The zero-order valence-corrected chi connectivity index (χ0v) is 14.6. The summed E-state index contributed by atoms with van der Waals surface area (Å²) in [6.45, 7) is 6.04. The zero-order chi connectivity index (χ0) is 14.7. The van der Waals surface area contributed by atoms with Gasteiger partial charge in [-0.1, -0.05) is 35.0 Å². The SMILES string of the molecule is CCC(c1ccc(Br)cc1)N(CC1CCNCC1)C1CC1. The van der Waals surface area contributed by atoms with E-state index in [0.29, 0.717) is 6.04 Å². The van der Waals surface area contributed by atoms with Gasteiger partial charge >= 0.3 is 0 Å². The highest BCUT2D eigenvalue weighted by molar-refractivity contribution is 9.10. The summed E-state index contributed by atoms with van der Waals surface area (Å²) in [7, 11) is 0. The van der Waals surface area contributed by atoms with Crippen LogP contribution in [0.3, 0.4) is 0 Å². The highest BCUT2D eigenvalue weighted by Gasteiger charge is 2.35. The first-order valence-electron chi connectivity index (χ1n) is 8.50. The van der Waals surface area contributed by atoms with Crippen molar-refractivity contribution in [3.63, 3.8) is 0 Å². The molecule has 1 N–H and O–H groups in total. The van der Waals surface area contributed by atoms with Crippen molar-refractivity contribution in [2.45, 2.75) is 51.1 Å². The number of benzene rings is 1. The van der Waals surface area contributed by atoms with Crippen molar-refractivity contribution in [3.05, 3.63) is 34.3 Å². The van der Waals surface area contributed by atoms with Crippen LogP contribution in [0.4, 0.5) is 0 Å². The fourth-order valence-electron chi connectivity index (χ4n) is 3.65. The first-order chi connectivity index (χ1) is 10.3. The van der Waals surface area contributed by atoms with E-state index in [9.17, 15) is 0 Å². The molecule has 1 aliphatic heterocycles. The van der Waals surface area contributed by atoms with Crippen molar-refractivity contribution in [2.75, 3.05) is 19.6 Å². The van der Waals surface area contributed by atoms with Crippen molar-refractivity contribution < 1.29 is 0 Å². The zero-order valence-electron chi connectivity index (χ0n) is 13.0. The molecule has 1 saturated carbocycles. The molecule has 21 heavy (non-hydrogen) atoms. The molecule has 1 saturated heterocycles. The third kappa shape index (κ3) is 4.08. The van der Waals surface area contributed by atoms with Gasteiger partial charge in [0.2, 0.25) is 0 Å². The second kappa shape index (κ2) is 7.26. The number of halogens is 1. The van der Waals surface area contributed by atoms with Crippen LogP contribution in [-0.4, -0.2) is 30.6 Å². The molecule has 116 valence electrons. The molecular weight excluding hydrogens is 324 g/mol. The van der Waals surface area contributed by atoms with Crippen molar-refractivity contribution in [1.82, 2.24) is 10.2 Å². The molecule has 3 rings (SSSR count). The van der Waals surface area contributed by atoms with Gasteiger partial charge in [0.1, 0.15) is 0 Å². The lowest BCUT2D eigenvalue weighted by molar-refractivity contribution is 0.139. The van der Waals surface area contributed by atoms with Crippen LogP contribution in [0.1, 0.15) is 50.6 Å². The molecule has 0 amide bonds. The van der Waals surface area contributed by atoms with Crippen LogP contribution in [-0.2, 0) is 0 Å². The van der Waals surface area contributed by atoms with E-state index < -0.39 is 0 Å². The third-order valence-electron chi connectivity index (χ3n) is 4.99. The van der Waals surface area contributed by atoms with Crippen molar-refractivity contribution in [2.24, 2.45) is 5.92 Å². The Morgan fingerprint density at radius 1 is 1.14 bits per heavy atom. The first-order valence-corrected chi connectivity index (χ1v) is 9.29. The lowest BCUT2D eigenvalue weighted by Crippen LogP contribution is -2.39. The van der Waals surface area contributed by atoms with E-state index in [1.807, 2.05) is 0 Å². The molecule has 1 aromatic rings. The number of rotatable bonds is 6. The van der Waals surface area contributed by atoms with Crippen molar-refractivity contribution >= 4 is 15.9 Å². The van der Waals surface area contributed by atoms with Gasteiger partial charge < -0.3 is 5.32 Å². The van der Waals surface area contributed by atoms with Gasteiger partial charge in [-0.2, -0.15) is 0 Å². The van der Waals surface area contributed by atoms with Crippen LogP contribution < -0.4 is 5.32 Å². The molecule has 2 aliphatic rings. The molecule has 2 fully saturated rings. The molecule has 1 unspecified atom stereocenters. The predicted molar refractivity (Wildman–Crippen MR) is 92.5 cm³/mol. The summed E-state index contributed by atoms with van der Waals surface area (Å²) >= 11 is 3.55. The lowest BCUT2D eigenvalue weighted by atomic mass is 9.95. The minimum atomic E-state index is 0.598. The molecule has 1 atom stereocenters. The Kier molecular flexibility index (Phi) is 5.36. The Morgan fingerprint density at radius 2 is 1.81 bits per heavy atom. The van der Waals surface area contributed by atoms with Gasteiger partial charge in [-0.25, -0.2) is 0 Å². The molecule has 1 aromatic carbocycles. The van der Waals surface area contributed by atoms with E-state index in [0.717, 1.165) is 12.0 Å². The van der Waals surface area contributed by atoms with Crippen LogP contribution >= 0.6 is 15.9 Å². The summed E-state index contributed by atoms with van der Waals surface area (Å²) in [6, 6.07) is 10.4. The van der Waals surface area contributed by atoms with Gasteiger partial charge in [0.05, 0.1) is 0 Å². The summed E-state index contributed by atoms with van der Waals surface area (Å²) < 4.78 is 1.18. The number of hydrogen-bond donors (Lipinski definition) is 1. The van der Waals surface area contributed by atoms with E-state index in [2.05, 4.69) is 57.3 Å². The minimum absolute atomic E-state index is 0.598. The Hall–Kier alpha value is -0.380. The predicted octanol–water partition coefficient (Wildman–Crippen LogP) is 4.36. The molecular formula is C18H27BrN2. The van der Waals surface area contributed by atoms with Crippen LogP contribution in [0.25, 0.3) is 0 Å². The van der Waals surface area contributed by atoms with E-state index in [4.69, 9.17) is 0 Å². The average molecular weight is 351 g/mol. The van der Waals surface area contributed by atoms with Crippen LogP contribution in [0.5, 0.6) is 0 Å². The number of nitrogens with one attached hydrogen (secondary N) is 1. The number of nitrogens with zero attached hydrogens (tertiary/aromatic N) is 1. The van der Waals surface area contributed by atoms with Gasteiger partial charge in [-0.05, 0) is 68.8 Å². The molecule has 3 heteroatoms. The highest BCUT2D eigenvalue weighted by Crippen LogP contribution is 2.37. The van der Waals surface area contributed by atoms with Crippen molar-refractivity contribution in [1.29, 1.82) is 0 Å². The fraction of sp³-hybridized carbons (Fsp3) is 0.667. The smallest absolute Gasteiger partial charge is 0.0348 e. The average Bonchev–Trinajstić information content (AvgIpc) is 3.34. The van der Waals surface area contributed by atoms with E-state index >= 15 is 0 Å². The molecule has 2 nitrogen and oxygen atoms in total. The fourth-order valence-corrected chi connectivity index (χ4v) is 3.91. The maximum Gasteiger partial charge on any atom is 0.0348 e. The Balaban J connectivity index is 1.72. The Bertz CT molecular complexity index is 435. The topological polar surface area (TPSA) is 15.3 Å². The van der Waals surface area contributed by atoms with E-state index in [1.54, 1.807) is 0 Å². The molecule has 0 spiro atoms. The van der Waals surface area contributed by atoms with Crippen molar-refractivity contribution in [3.8, 4) is 0 Å². The van der Waals surface area contributed by atoms with Gasteiger partial charge in [0, 0.05) is 23.1 Å². The Morgan fingerprint density at radius 3 is 2.38 bits per heavy atom. The second-order valence-electron chi connectivity index (χ2n) is 6.60. The first kappa shape index (κ1) is 15.5. The normalized spacial score (nSPS) is 21.7. The highest BCUT2D eigenvalue weighted by atomic mass is 79.9. The molecule has 0 bridgehead atoms. The summed E-state index contributed by atoms with van der Waals surface area (Å²) in [4.78, 5) is 2.82. The minimum Gasteiger partial charge on any atom is -0.317 e. The summed E-state index contributed by atoms with van der Waals surface area (Å²) in [5, 5.41) is 3.49. The maximum absolute atomic E-state index is 3.55. The number of piperidine rings is 1. The molecule has 0 aromatic heterocycles. The van der Waals surface area contributed by atoms with Gasteiger partial charge in [-0.3, -0.25) is 4.90 Å². The molecule has 1 heterocycles. The monoisotopic (exact) mass is 350 g/mol.